The zero-order chi connectivity index (χ0) is 19.4. The SMILES string of the molecule is CCc1ccc(S(=O)(=O)Nc2ccc(Nc3c(F)cccc3F)nn2)cc1. The van der Waals surface area contributed by atoms with Gasteiger partial charge in [-0.1, -0.05) is 25.1 Å². The molecule has 27 heavy (non-hydrogen) atoms. The van der Waals surface area contributed by atoms with Crippen molar-refractivity contribution in [1.29, 1.82) is 0 Å². The van der Waals surface area contributed by atoms with E-state index in [0.717, 1.165) is 24.1 Å². The fourth-order valence-corrected chi connectivity index (χ4v) is 3.30. The molecule has 3 rings (SSSR count). The van der Waals surface area contributed by atoms with Crippen LogP contribution in [0.3, 0.4) is 0 Å². The van der Waals surface area contributed by atoms with Crippen molar-refractivity contribution in [2.45, 2.75) is 18.2 Å². The highest BCUT2D eigenvalue weighted by Crippen LogP contribution is 2.22. The highest BCUT2D eigenvalue weighted by Gasteiger charge is 2.15. The first-order valence-electron chi connectivity index (χ1n) is 8.05. The van der Waals surface area contributed by atoms with E-state index in [4.69, 9.17) is 0 Å². The molecule has 0 aliphatic heterocycles. The molecule has 3 aromatic rings. The van der Waals surface area contributed by atoms with Crippen LogP contribution < -0.4 is 10.0 Å². The van der Waals surface area contributed by atoms with Gasteiger partial charge in [-0.2, -0.15) is 0 Å². The number of sulfonamides is 1. The Morgan fingerprint density at radius 1 is 0.889 bits per heavy atom. The Morgan fingerprint density at radius 3 is 2.04 bits per heavy atom. The minimum absolute atomic E-state index is 0.0193. The second-order valence-electron chi connectivity index (χ2n) is 5.63. The topological polar surface area (TPSA) is 84.0 Å². The number of hydrogen-bond donors (Lipinski definition) is 2. The summed E-state index contributed by atoms with van der Waals surface area (Å²) in [5.74, 6) is -1.52. The van der Waals surface area contributed by atoms with Crippen LogP contribution in [0.5, 0.6) is 0 Å². The number of halogens is 2. The molecule has 0 unspecified atom stereocenters. The van der Waals surface area contributed by atoms with Crippen LogP contribution in [-0.4, -0.2) is 18.6 Å². The Morgan fingerprint density at radius 2 is 1.48 bits per heavy atom. The summed E-state index contributed by atoms with van der Waals surface area (Å²) in [4.78, 5) is 0.0946. The molecule has 2 aromatic carbocycles. The minimum atomic E-state index is -3.82. The van der Waals surface area contributed by atoms with E-state index in [1.807, 2.05) is 6.92 Å². The average Bonchev–Trinajstić information content (AvgIpc) is 2.66. The Labute approximate surface area is 155 Å². The molecular formula is C18H16F2N4O2S. The van der Waals surface area contributed by atoms with Crippen LogP contribution in [0.1, 0.15) is 12.5 Å². The maximum Gasteiger partial charge on any atom is 0.263 e. The van der Waals surface area contributed by atoms with Gasteiger partial charge in [0.1, 0.15) is 17.3 Å². The molecular weight excluding hydrogens is 374 g/mol. The summed E-state index contributed by atoms with van der Waals surface area (Å²) in [5, 5.41) is 9.94. The molecule has 0 aliphatic carbocycles. The van der Waals surface area contributed by atoms with Crippen molar-refractivity contribution >= 4 is 27.3 Å². The summed E-state index contributed by atoms with van der Waals surface area (Å²) in [6.45, 7) is 1.97. The summed E-state index contributed by atoms with van der Waals surface area (Å²) < 4.78 is 54.3. The lowest BCUT2D eigenvalue weighted by molar-refractivity contribution is 0.590. The molecule has 2 N–H and O–H groups in total. The third kappa shape index (κ3) is 4.37. The third-order valence-electron chi connectivity index (χ3n) is 3.76. The first-order chi connectivity index (χ1) is 12.9. The van der Waals surface area contributed by atoms with Gasteiger partial charge in [0, 0.05) is 0 Å². The summed E-state index contributed by atoms with van der Waals surface area (Å²) in [6, 6.07) is 12.6. The number of rotatable bonds is 6. The van der Waals surface area contributed by atoms with Crippen molar-refractivity contribution in [3.63, 3.8) is 0 Å². The average molecular weight is 390 g/mol. The van der Waals surface area contributed by atoms with Crippen molar-refractivity contribution in [1.82, 2.24) is 10.2 Å². The lowest BCUT2D eigenvalue weighted by Gasteiger charge is -2.09. The maximum absolute atomic E-state index is 13.6. The second kappa shape index (κ2) is 7.67. The van der Waals surface area contributed by atoms with E-state index in [0.29, 0.717) is 0 Å². The zero-order valence-corrected chi connectivity index (χ0v) is 15.1. The fourth-order valence-electron chi connectivity index (χ4n) is 2.30. The molecule has 0 amide bonds. The number of hydrogen-bond acceptors (Lipinski definition) is 5. The van der Waals surface area contributed by atoms with Gasteiger partial charge in [-0.15, -0.1) is 10.2 Å². The van der Waals surface area contributed by atoms with E-state index in [1.54, 1.807) is 12.1 Å². The number of anilines is 3. The number of para-hydroxylation sites is 1. The summed E-state index contributed by atoms with van der Waals surface area (Å²) in [6.07, 6.45) is 0.802. The largest absolute Gasteiger partial charge is 0.334 e. The van der Waals surface area contributed by atoms with Crippen LogP contribution in [0.2, 0.25) is 0 Å². The number of nitrogens with zero attached hydrogens (tertiary/aromatic N) is 2. The monoisotopic (exact) mass is 390 g/mol. The van der Waals surface area contributed by atoms with Gasteiger partial charge in [-0.25, -0.2) is 17.2 Å². The Balaban J connectivity index is 1.75. The van der Waals surface area contributed by atoms with Crippen LogP contribution >= 0.6 is 0 Å². The zero-order valence-electron chi connectivity index (χ0n) is 14.3. The standard InChI is InChI=1S/C18H16F2N4O2S/c1-2-12-6-8-13(9-7-12)27(25,26)24-17-11-10-16(22-23-17)21-18-14(19)4-3-5-15(18)20/h3-11H,2H2,1H3,(H,21,22)(H,23,24). The van der Waals surface area contributed by atoms with Crippen LogP contribution in [0.15, 0.2) is 59.5 Å². The van der Waals surface area contributed by atoms with Gasteiger partial charge in [-0.05, 0) is 48.4 Å². The van der Waals surface area contributed by atoms with Gasteiger partial charge < -0.3 is 5.32 Å². The van der Waals surface area contributed by atoms with Crippen molar-refractivity contribution in [2.75, 3.05) is 10.0 Å². The van der Waals surface area contributed by atoms with Gasteiger partial charge in [0.15, 0.2) is 11.6 Å². The van der Waals surface area contributed by atoms with Crippen molar-refractivity contribution < 1.29 is 17.2 Å². The highest BCUT2D eigenvalue weighted by molar-refractivity contribution is 7.92. The lowest BCUT2D eigenvalue weighted by Crippen LogP contribution is -2.14. The third-order valence-corrected chi connectivity index (χ3v) is 5.13. The molecule has 0 bridgehead atoms. The minimum Gasteiger partial charge on any atom is -0.334 e. The van der Waals surface area contributed by atoms with Gasteiger partial charge in [0.25, 0.3) is 10.0 Å². The smallest absolute Gasteiger partial charge is 0.263 e. The molecule has 0 spiro atoms. The fraction of sp³-hybridized carbons (Fsp3) is 0.111. The first kappa shape index (κ1) is 18.7. The molecule has 0 aliphatic rings. The van der Waals surface area contributed by atoms with Crippen LogP contribution in [0.25, 0.3) is 0 Å². The number of benzene rings is 2. The van der Waals surface area contributed by atoms with Gasteiger partial charge in [-0.3, -0.25) is 4.72 Å². The van der Waals surface area contributed by atoms with Gasteiger partial charge >= 0.3 is 0 Å². The Kier molecular flexibility index (Phi) is 5.31. The normalized spacial score (nSPS) is 11.2. The molecule has 0 radical (unpaired) electrons. The van der Waals surface area contributed by atoms with Crippen molar-refractivity contribution in [3.05, 3.63) is 71.8 Å². The van der Waals surface area contributed by atoms with E-state index < -0.39 is 21.7 Å². The van der Waals surface area contributed by atoms with Crippen LogP contribution in [0.4, 0.5) is 26.1 Å². The molecule has 1 heterocycles. The molecule has 0 saturated heterocycles. The Bertz CT molecular complexity index is 1020. The van der Waals surface area contributed by atoms with Gasteiger partial charge in [0.05, 0.1) is 4.90 Å². The predicted octanol–water partition coefficient (Wildman–Crippen LogP) is 3.86. The summed E-state index contributed by atoms with van der Waals surface area (Å²) >= 11 is 0. The molecule has 140 valence electrons. The van der Waals surface area contributed by atoms with E-state index in [-0.39, 0.29) is 22.2 Å². The maximum atomic E-state index is 13.6. The number of nitrogens with one attached hydrogen (secondary N) is 2. The van der Waals surface area contributed by atoms with Gasteiger partial charge in [0.2, 0.25) is 0 Å². The lowest BCUT2D eigenvalue weighted by atomic mass is 10.2. The quantitative estimate of drug-likeness (QED) is 0.668. The Hall–Kier alpha value is -3.07. The number of aryl methyl sites for hydroxylation is 1. The second-order valence-corrected chi connectivity index (χ2v) is 7.31. The highest BCUT2D eigenvalue weighted by atomic mass is 32.2. The predicted molar refractivity (Wildman–Crippen MR) is 98.3 cm³/mol. The molecule has 0 fully saturated rings. The van der Waals surface area contributed by atoms with E-state index in [1.165, 1.54) is 30.3 Å². The van der Waals surface area contributed by atoms with E-state index in [2.05, 4.69) is 20.2 Å². The molecule has 0 atom stereocenters. The number of aromatic nitrogens is 2. The van der Waals surface area contributed by atoms with Crippen LogP contribution in [0, 0.1) is 11.6 Å². The molecule has 0 saturated carbocycles. The summed E-state index contributed by atoms with van der Waals surface area (Å²) in [7, 11) is -3.82. The van der Waals surface area contributed by atoms with E-state index >= 15 is 0 Å². The van der Waals surface area contributed by atoms with Crippen LogP contribution in [-0.2, 0) is 16.4 Å². The summed E-state index contributed by atoms with van der Waals surface area (Å²) in [5.41, 5.74) is 0.653. The van der Waals surface area contributed by atoms with Crippen molar-refractivity contribution in [3.8, 4) is 0 Å². The molecule has 1 aromatic heterocycles. The van der Waals surface area contributed by atoms with E-state index in [9.17, 15) is 17.2 Å². The molecule has 9 heteroatoms. The van der Waals surface area contributed by atoms with Crippen molar-refractivity contribution in [2.24, 2.45) is 0 Å². The first-order valence-corrected chi connectivity index (χ1v) is 9.54. The molecule has 6 nitrogen and oxygen atoms in total.